The van der Waals surface area contributed by atoms with Gasteiger partial charge in [0.05, 0.1) is 13.2 Å². The van der Waals surface area contributed by atoms with Crippen LogP contribution in [0, 0.1) is 5.92 Å². The molecule has 1 saturated carbocycles. The number of ether oxygens (including phenoxy) is 1. The second kappa shape index (κ2) is 6.57. The minimum absolute atomic E-state index is 0.169. The van der Waals surface area contributed by atoms with Gasteiger partial charge in [0.15, 0.2) is 0 Å². The molecule has 1 N–H and O–H groups in total. The molecule has 1 saturated heterocycles. The number of carbonyl (C=O) groups is 1. The molecule has 2 fully saturated rings. The molecular weight excluding hydrogens is 302 g/mol. The maximum Gasteiger partial charge on any atom is 0.323 e. The van der Waals surface area contributed by atoms with E-state index >= 15 is 0 Å². The number of halogens is 1. The largest absolute Gasteiger partial charge is 0.468 e. The van der Waals surface area contributed by atoms with Crippen molar-refractivity contribution in [3.63, 3.8) is 0 Å². The Morgan fingerprint density at radius 3 is 2.73 bits per heavy atom. The van der Waals surface area contributed by atoms with E-state index in [1.165, 1.54) is 7.11 Å². The molecule has 4 atom stereocenters. The summed E-state index contributed by atoms with van der Waals surface area (Å²) in [6.45, 7) is 0.685. The molecule has 1 aliphatic heterocycles. The maximum absolute atomic E-state index is 12.1. The van der Waals surface area contributed by atoms with Crippen LogP contribution in [0.15, 0.2) is 24.3 Å². The summed E-state index contributed by atoms with van der Waals surface area (Å²) < 4.78 is 4.99. The Morgan fingerprint density at radius 2 is 2.05 bits per heavy atom. The van der Waals surface area contributed by atoms with Gasteiger partial charge in [-0.2, -0.15) is 0 Å². The zero-order valence-corrected chi connectivity index (χ0v) is 13.5. The number of hydrogen-bond donors (Lipinski definition) is 1. The van der Waals surface area contributed by atoms with Gasteiger partial charge in [0.25, 0.3) is 0 Å². The van der Waals surface area contributed by atoms with Crippen molar-refractivity contribution in [3.8, 4) is 0 Å². The maximum atomic E-state index is 12.1. The van der Waals surface area contributed by atoms with Crippen LogP contribution < -0.4 is 0 Å². The summed E-state index contributed by atoms with van der Waals surface area (Å²) in [6.07, 6.45) is 3.13. The van der Waals surface area contributed by atoms with Gasteiger partial charge in [-0.1, -0.05) is 23.7 Å². The van der Waals surface area contributed by atoms with E-state index in [9.17, 15) is 9.90 Å². The summed E-state index contributed by atoms with van der Waals surface area (Å²) in [7, 11) is 1.44. The Hall–Kier alpha value is -1.10. The van der Waals surface area contributed by atoms with Crippen molar-refractivity contribution in [1.29, 1.82) is 0 Å². The minimum Gasteiger partial charge on any atom is -0.468 e. The Bertz CT molecular complexity index is 533. The standard InChI is InChI=1S/C17H22ClNO3/c1-22-17(21)16-8-12-4-7-14(20)9-15(12)19(16)10-11-2-5-13(18)6-3-11/h2-3,5-6,12,14-16,20H,4,7-10H2,1H3/t12-,14+,15-,16-/m0/s1. The summed E-state index contributed by atoms with van der Waals surface area (Å²) >= 11 is 5.94. The summed E-state index contributed by atoms with van der Waals surface area (Å²) in [5.41, 5.74) is 1.12. The number of methoxy groups -OCH3 is 1. The Kier molecular flexibility index (Phi) is 4.71. The van der Waals surface area contributed by atoms with E-state index in [0.717, 1.165) is 31.2 Å². The monoisotopic (exact) mass is 323 g/mol. The smallest absolute Gasteiger partial charge is 0.323 e. The Balaban J connectivity index is 1.82. The third-order valence-corrected chi connectivity index (χ3v) is 5.28. The highest BCUT2D eigenvalue weighted by Gasteiger charge is 2.47. The third-order valence-electron chi connectivity index (χ3n) is 5.03. The topological polar surface area (TPSA) is 49.8 Å². The first-order valence-corrected chi connectivity index (χ1v) is 8.22. The molecule has 0 aromatic heterocycles. The van der Waals surface area contributed by atoms with Gasteiger partial charge < -0.3 is 9.84 Å². The lowest BCUT2D eigenvalue weighted by Crippen LogP contribution is -2.44. The molecular formula is C17H22ClNO3. The summed E-state index contributed by atoms with van der Waals surface area (Å²) in [6, 6.07) is 7.76. The highest BCUT2D eigenvalue weighted by atomic mass is 35.5. The van der Waals surface area contributed by atoms with Gasteiger partial charge in [0, 0.05) is 17.6 Å². The first-order chi connectivity index (χ1) is 10.6. The van der Waals surface area contributed by atoms with E-state index in [-0.39, 0.29) is 24.2 Å². The molecule has 2 aliphatic rings. The number of likely N-dealkylation sites (tertiary alicyclic amines) is 1. The molecule has 1 heterocycles. The fraction of sp³-hybridized carbons (Fsp3) is 0.588. The SMILES string of the molecule is COC(=O)[C@@H]1C[C@@H]2CC[C@@H](O)C[C@@H]2N1Cc1ccc(Cl)cc1. The second-order valence-electron chi connectivity index (χ2n) is 6.37. The van der Waals surface area contributed by atoms with Crippen molar-refractivity contribution < 1.29 is 14.6 Å². The van der Waals surface area contributed by atoms with Gasteiger partial charge in [-0.3, -0.25) is 9.69 Å². The number of rotatable bonds is 3. The van der Waals surface area contributed by atoms with Crippen molar-refractivity contribution >= 4 is 17.6 Å². The zero-order chi connectivity index (χ0) is 15.7. The molecule has 0 unspecified atom stereocenters. The first kappa shape index (κ1) is 15.8. The fourth-order valence-corrected chi connectivity index (χ4v) is 4.04. The number of nitrogens with zero attached hydrogens (tertiary/aromatic N) is 1. The number of fused-ring (bicyclic) bond motifs is 1. The van der Waals surface area contributed by atoms with Gasteiger partial charge in [0.2, 0.25) is 0 Å². The zero-order valence-electron chi connectivity index (χ0n) is 12.7. The summed E-state index contributed by atoms with van der Waals surface area (Å²) in [4.78, 5) is 14.4. The molecule has 1 aromatic carbocycles. The van der Waals surface area contributed by atoms with Crippen molar-refractivity contribution in [2.45, 2.75) is 50.4 Å². The minimum atomic E-state index is -0.259. The van der Waals surface area contributed by atoms with E-state index in [1.54, 1.807) is 0 Å². The van der Waals surface area contributed by atoms with E-state index < -0.39 is 0 Å². The predicted octanol–water partition coefficient (Wildman–Crippen LogP) is 2.62. The van der Waals surface area contributed by atoms with Gasteiger partial charge >= 0.3 is 5.97 Å². The molecule has 0 spiro atoms. The van der Waals surface area contributed by atoms with Crippen LogP contribution >= 0.6 is 11.6 Å². The van der Waals surface area contributed by atoms with Crippen LogP contribution in [0.4, 0.5) is 0 Å². The highest BCUT2D eigenvalue weighted by Crippen LogP contribution is 2.41. The fourth-order valence-electron chi connectivity index (χ4n) is 3.92. The lowest BCUT2D eigenvalue weighted by molar-refractivity contribution is -0.146. The second-order valence-corrected chi connectivity index (χ2v) is 6.80. The van der Waals surface area contributed by atoms with Gasteiger partial charge in [0.1, 0.15) is 6.04 Å². The number of aliphatic hydroxyl groups is 1. The van der Waals surface area contributed by atoms with Crippen LogP contribution in [0.5, 0.6) is 0 Å². The lowest BCUT2D eigenvalue weighted by atomic mass is 9.83. The number of benzene rings is 1. The van der Waals surface area contributed by atoms with Crippen LogP contribution in [0.2, 0.25) is 5.02 Å². The number of esters is 1. The van der Waals surface area contributed by atoms with Crippen LogP contribution in [0.3, 0.4) is 0 Å². The normalized spacial score (nSPS) is 31.8. The van der Waals surface area contributed by atoms with Crippen molar-refractivity contribution in [2.24, 2.45) is 5.92 Å². The van der Waals surface area contributed by atoms with Gasteiger partial charge in [-0.05, 0) is 49.3 Å². The average molecular weight is 324 g/mol. The third kappa shape index (κ3) is 3.14. The number of hydrogen-bond acceptors (Lipinski definition) is 4. The van der Waals surface area contributed by atoms with Crippen molar-refractivity contribution in [1.82, 2.24) is 4.90 Å². The molecule has 0 bridgehead atoms. The van der Waals surface area contributed by atoms with E-state index in [1.807, 2.05) is 24.3 Å². The molecule has 22 heavy (non-hydrogen) atoms. The summed E-state index contributed by atoms with van der Waals surface area (Å²) in [5.74, 6) is 0.303. The van der Waals surface area contributed by atoms with Gasteiger partial charge in [-0.15, -0.1) is 0 Å². The van der Waals surface area contributed by atoms with Crippen LogP contribution in [-0.4, -0.2) is 41.3 Å². The van der Waals surface area contributed by atoms with Gasteiger partial charge in [-0.25, -0.2) is 0 Å². The molecule has 1 aliphatic carbocycles. The molecule has 4 nitrogen and oxygen atoms in total. The molecule has 120 valence electrons. The number of aliphatic hydroxyl groups excluding tert-OH is 1. The van der Waals surface area contributed by atoms with Crippen molar-refractivity contribution in [3.05, 3.63) is 34.9 Å². The van der Waals surface area contributed by atoms with Crippen LogP contribution in [0.1, 0.15) is 31.2 Å². The first-order valence-electron chi connectivity index (χ1n) is 7.84. The Labute approximate surface area is 136 Å². The van der Waals surface area contributed by atoms with E-state index in [4.69, 9.17) is 16.3 Å². The summed E-state index contributed by atoms with van der Waals surface area (Å²) in [5, 5.41) is 10.7. The molecule has 0 radical (unpaired) electrons. The van der Waals surface area contributed by atoms with E-state index in [2.05, 4.69) is 4.90 Å². The molecule has 0 amide bonds. The average Bonchev–Trinajstić information content (AvgIpc) is 2.87. The van der Waals surface area contributed by atoms with Crippen molar-refractivity contribution in [2.75, 3.05) is 7.11 Å². The Morgan fingerprint density at radius 1 is 1.32 bits per heavy atom. The predicted molar refractivity (Wildman–Crippen MR) is 84.6 cm³/mol. The van der Waals surface area contributed by atoms with E-state index in [0.29, 0.717) is 17.5 Å². The lowest BCUT2D eigenvalue weighted by Gasteiger charge is -2.35. The quantitative estimate of drug-likeness (QED) is 0.869. The molecule has 5 heteroatoms. The highest BCUT2D eigenvalue weighted by molar-refractivity contribution is 6.30. The number of carbonyl (C=O) groups excluding carboxylic acids is 1. The molecule has 3 rings (SSSR count). The molecule has 1 aromatic rings. The van der Waals surface area contributed by atoms with Crippen LogP contribution in [0.25, 0.3) is 0 Å². The van der Waals surface area contributed by atoms with Crippen LogP contribution in [-0.2, 0) is 16.1 Å².